The van der Waals surface area contributed by atoms with E-state index in [9.17, 15) is 9.59 Å². The number of esters is 1. The summed E-state index contributed by atoms with van der Waals surface area (Å²) >= 11 is 7.36. The first-order chi connectivity index (χ1) is 18.8. The molecule has 0 spiro atoms. The van der Waals surface area contributed by atoms with E-state index in [1.807, 2.05) is 62.4 Å². The number of carbonyl (C=O) groups excluding carboxylic acids is 1. The molecule has 2 aromatic carbocycles. The van der Waals surface area contributed by atoms with Crippen LogP contribution in [0.5, 0.6) is 5.75 Å². The van der Waals surface area contributed by atoms with Gasteiger partial charge in [-0.1, -0.05) is 53.3 Å². The Bertz CT molecular complexity index is 1760. The molecule has 0 saturated carbocycles. The van der Waals surface area contributed by atoms with Gasteiger partial charge in [0.2, 0.25) is 0 Å². The van der Waals surface area contributed by atoms with E-state index in [0.717, 1.165) is 5.56 Å². The molecule has 7 nitrogen and oxygen atoms in total. The van der Waals surface area contributed by atoms with Gasteiger partial charge in [-0.2, -0.15) is 0 Å². The van der Waals surface area contributed by atoms with E-state index in [-0.39, 0.29) is 18.3 Å². The third-order valence-electron chi connectivity index (χ3n) is 6.10. The van der Waals surface area contributed by atoms with Crippen molar-refractivity contribution < 1.29 is 18.7 Å². The molecule has 1 aliphatic heterocycles. The third-order valence-corrected chi connectivity index (χ3v) is 7.32. The van der Waals surface area contributed by atoms with Crippen LogP contribution in [0.4, 0.5) is 0 Å². The summed E-state index contributed by atoms with van der Waals surface area (Å²) in [7, 11) is 0. The number of benzene rings is 2. The number of para-hydroxylation sites is 1. The fourth-order valence-corrected chi connectivity index (χ4v) is 5.73. The van der Waals surface area contributed by atoms with Crippen LogP contribution in [0, 0.1) is 0 Å². The molecule has 4 aromatic rings. The minimum absolute atomic E-state index is 0.106. The highest BCUT2D eigenvalue weighted by atomic mass is 35.5. The number of nitrogens with zero attached hydrogens (tertiary/aromatic N) is 2. The minimum Gasteiger partial charge on any atom is -0.491 e. The van der Waals surface area contributed by atoms with Crippen LogP contribution in [-0.2, 0) is 9.53 Å². The molecule has 0 radical (unpaired) electrons. The van der Waals surface area contributed by atoms with Crippen LogP contribution >= 0.6 is 22.9 Å². The Labute approximate surface area is 234 Å². The fraction of sp³-hybridized carbons (Fsp3) is 0.233. The largest absolute Gasteiger partial charge is 0.491 e. The van der Waals surface area contributed by atoms with Crippen molar-refractivity contribution in [2.24, 2.45) is 4.99 Å². The van der Waals surface area contributed by atoms with Gasteiger partial charge >= 0.3 is 5.97 Å². The molecular weight excluding hydrogens is 536 g/mol. The number of halogens is 1. The number of fused-ring (bicyclic) bond motifs is 1. The monoisotopic (exact) mass is 562 g/mol. The number of hydrogen-bond acceptors (Lipinski definition) is 7. The molecule has 0 unspecified atom stereocenters. The van der Waals surface area contributed by atoms with Crippen molar-refractivity contribution >= 4 is 35.0 Å². The third kappa shape index (κ3) is 5.35. The lowest BCUT2D eigenvalue weighted by Crippen LogP contribution is -2.40. The molecular formula is C30H27ClN2O5S. The molecule has 5 rings (SSSR count). The number of ether oxygens (including phenoxy) is 2. The summed E-state index contributed by atoms with van der Waals surface area (Å²) in [5.74, 6) is 1.21. The summed E-state index contributed by atoms with van der Waals surface area (Å²) in [4.78, 5) is 32.2. The van der Waals surface area contributed by atoms with Gasteiger partial charge < -0.3 is 13.9 Å². The summed E-state index contributed by atoms with van der Waals surface area (Å²) in [6.07, 6.45) is 1.58. The van der Waals surface area contributed by atoms with Gasteiger partial charge in [0.05, 0.1) is 28.5 Å². The molecule has 2 aromatic heterocycles. The van der Waals surface area contributed by atoms with Crippen molar-refractivity contribution in [1.29, 1.82) is 0 Å². The second-order valence-electron chi connectivity index (χ2n) is 9.22. The first-order valence-corrected chi connectivity index (χ1v) is 13.8. The standard InChI is InChI=1S/C30H27ClN2O5S/c1-5-36-29(35)26-18(4)32-30-33(27(26)22-11-6-7-12-24(22)37-17(2)3)28(34)25(39-30)16-21-13-14-23(38-21)19-9-8-10-20(31)15-19/h6-17,27H,5H2,1-4H3/b25-16+/t27-/m1/s1. The summed E-state index contributed by atoms with van der Waals surface area (Å²) in [5.41, 5.74) is 2.01. The first-order valence-electron chi connectivity index (χ1n) is 12.6. The van der Waals surface area contributed by atoms with Crippen LogP contribution in [0.1, 0.15) is 45.1 Å². The number of hydrogen-bond donors (Lipinski definition) is 0. The van der Waals surface area contributed by atoms with Crippen molar-refractivity contribution in [3.05, 3.63) is 108 Å². The van der Waals surface area contributed by atoms with E-state index in [2.05, 4.69) is 4.99 Å². The Morgan fingerprint density at radius 2 is 1.97 bits per heavy atom. The Morgan fingerprint density at radius 3 is 2.72 bits per heavy atom. The van der Waals surface area contributed by atoms with Crippen LogP contribution in [0.25, 0.3) is 17.4 Å². The number of furan rings is 1. The lowest BCUT2D eigenvalue weighted by Gasteiger charge is -2.26. The van der Waals surface area contributed by atoms with Gasteiger partial charge in [0, 0.05) is 22.2 Å². The maximum atomic E-state index is 13.9. The Morgan fingerprint density at radius 1 is 1.18 bits per heavy atom. The first kappa shape index (κ1) is 26.7. The number of allylic oxidation sites excluding steroid dienone is 1. The quantitative estimate of drug-likeness (QED) is 0.278. The van der Waals surface area contributed by atoms with Crippen molar-refractivity contribution in [3.63, 3.8) is 0 Å². The molecule has 0 N–H and O–H groups in total. The SMILES string of the molecule is CCOC(=O)C1=C(C)N=c2s/c(=C/c3ccc(-c4cccc(Cl)c4)o3)c(=O)n2[C@@H]1c1ccccc1OC(C)C. The number of carbonyl (C=O) groups is 1. The Kier molecular flexibility index (Phi) is 7.59. The van der Waals surface area contributed by atoms with Crippen LogP contribution in [0.3, 0.4) is 0 Å². The lowest BCUT2D eigenvalue weighted by atomic mass is 9.95. The average molecular weight is 563 g/mol. The maximum Gasteiger partial charge on any atom is 0.338 e. The zero-order valence-electron chi connectivity index (χ0n) is 21.9. The van der Waals surface area contributed by atoms with Gasteiger partial charge in [0.15, 0.2) is 4.80 Å². The molecule has 200 valence electrons. The lowest BCUT2D eigenvalue weighted by molar-refractivity contribution is -0.139. The van der Waals surface area contributed by atoms with Crippen molar-refractivity contribution in [2.45, 2.75) is 39.8 Å². The van der Waals surface area contributed by atoms with Crippen LogP contribution < -0.4 is 19.6 Å². The zero-order chi connectivity index (χ0) is 27.7. The van der Waals surface area contributed by atoms with E-state index in [1.54, 1.807) is 36.6 Å². The number of rotatable bonds is 7. The van der Waals surface area contributed by atoms with Crippen molar-refractivity contribution in [1.82, 2.24) is 4.57 Å². The predicted molar refractivity (Wildman–Crippen MR) is 152 cm³/mol. The highest BCUT2D eigenvalue weighted by molar-refractivity contribution is 7.07. The fourth-order valence-electron chi connectivity index (χ4n) is 4.51. The minimum atomic E-state index is -0.768. The van der Waals surface area contributed by atoms with Gasteiger partial charge in [-0.3, -0.25) is 9.36 Å². The van der Waals surface area contributed by atoms with Crippen LogP contribution in [-0.4, -0.2) is 23.2 Å². The van der Waals surface area contributed by atoms with Crippen molar-refractivity contribution in [3.8, 4) is 17.1 Å². The van der Waals surface area contributed by atoms with Gasteiger partial charge in [0.25, 0.3) is 5.56 Å². The molecule has 1 atom stereocenters. The number of aromatic nitrogens is 1. The average Bonchev–Trinajstić information content (AvgIpc) is 3.48. The summed E-state index contributed by atoms with van der Waals surface area (Å²) in [6, 6.07) is 17.6. The normalized spacial score (nSPS) is 15.3. The molecule has 0 aliphatic carbocycles. The van der Waals surface area contributed by atoms with E-state index < -0.39 is 12.0 Å². The van der Waals surface area contributed by atoms with Gasteiger partial charge in [-0.15, -0.1) is 0 Å². The van der Waals surface area contributed by atoms with E-state index in [0.29, 0.717) is 48.5 Å². The Balaban J connectivity index is 1.67. The summed E-state index contributed by atoms with van der Waals surface area (Å²) in [6.45, 7) is 7.55. The molecule has 0 fully saturated rings. The Hall–Kier alpha value is -3.88. The summed E-state index contributed by atoms with van der Waals surface area (Å²) in [5, 5.41) is 0.605. The van der Waals surface area contributed by atoms with Crippen LogP contribution in [0.15, 0.2) is 86.1 Å². The molecule has 9 heteroatoms. The van der Waals surface area contributed by atoms with Gasteiger partial charge in [-0.25, -0.2) is 9.79 Å². The summed E-state index contributed by atoms with van der Waals surface area (Å²) < 4.78 is 19.5. The second-order valence-corrected chi connectivity index (χ2v) is 10.7. The van der Waals surface area contributed by atoms with Gasteiger partial charge in [0.1, 0.15) is 23.3 Å². The molecule has 39 heavy (non-hydrogen) atoms. The maximum absolute atomic E-state index is 13.9. The number of thiazole rings is 1. The molecule has 0 amide bonds. The second kappa shape index (κ2) is 11.1. The van der Waals surface area contributed by atoms with E-state index in [4.69, 9.17) is 25.5 Å². The van der Waals surface area contributed by atoms with E-state index in [1.165, 1.54) is 11.3 Å². The molecule has 1 aliphatic rings. The topological polar surface area (TPSA) is 83.0 Å². The molecule has 3 heterocycles. The van der Waals surface area contributed by atoms with Crippen molar-refractivity contribution in [2.75, 3.05) is 6.61 Å². The molecule has 0 bridgehead atoms. The predicted octanol–water partition coefficient (Wildman–Crippen LogP) is 5.50. The smallest absolute Gasteiger partial charge is 0.338 e. The zero-order valence-corrected chi connectivity index (χ0v) is 23.5. The molecule has 0 saturated heterocycles. The highest BCUT2D eigenvalue weighted by Gasteiger charge is 2.35. The van der Waals surface area contributed by atoms with E-state index >= 15 is 0 Å². The van der Waals surface area contributed by atoms with Crippen LogP contribution in [0.2, 0.25) is 5.02 Å². The highest BCUT2D eigenvalue weighted by Crippen LogP contribution is 2.36. The van der Waals surface area contributed by atoms with Gasteiger partial charge in [-0.05, 0) is 58.0 Å².